The van der Waals surface area contributed by atoms with Crippen LogP contribution < -0.4 is 0 Å². The molecule has 0 amide bonds. The van der Waals surface area contributed by atoms with Gasteiger partial charge in [0.05, 0.1) is 0 Å². The van der Waals surface area contributed by atoms with Gasteiger partial charge in [-0.3, -0.25) is 14.4 Å². The van der Waals surface area contributed by atoms with Gasteiger partial charge in [-0.1, -0.05) is 209 Å². The summed E-state index contributed by atoms with van der Waals surface area (Å²) in [5.41, 5.74) is 0. The van der Waals surface area contributed by atoms with Crippen LogP contribution in [0, 0.1) is 0 Å². The Balaban J connectivity index is 4.16. The number of esters is 3. The Morgan fingerprint density at radius 3 is 1.02 bits per heavy atom. The maximum atomic E-state index is 12.6. The molecule has 1 unspecified atom stereocenters. The van der Waals surface area contributed by atoms with Crippen molar-refractivity contribution in [3.05, 3.63) is 85.1 Å². The van der Waals surface area contributed by atoms with Crippen molar-refractivity contribution in [2.45, 2.75) is 226 Å². The Morgan fingerprint density at radius 2 is 0.650 bits per heavy atom. The summed E-state index contributed by atoms with van der Waals surface area (Å²) in [6.07, 6.45) is 61.7. The molecule has 0 saturated heterocycles. The fourth-order valence-electron chi connectivity index (χ4n) is 6.48. The van der Waals surface area contributed by atoms with Crippen LogP contribution in [-0.4, -0.2) is 37.2 Å². The summed E-state index contributed by atoms with van der Waals surface area (Å²) >= 11 is 0. The number of rotatable bonds is 43. The average molecular weight is 835 g/mol. The van der Waals surface area contributed by atoms with E-state index >= 15 is 0 Å². The molecule has 0 N–H and O–H groups in total. The first kappa shape index (κ1) is 56.6. The topological polar surface area (TPSA) is 78.9 Å². The Kier molecular flexibility index (Phi) is 45.5. The summed E-state index contributed by atoms with van der Waals surface area (Å²) in [7, 11) is 0. The van der Waals surface area contributed by atoms with Gasteiger partial charge in [0.1, 0.15) is 13.2 Å². The third-order valence-corrected chi connectivity index (χ3v) is 10.2. The first-order valence-electron chi connectivity index (χ1n) is 24.6. The number of unbranched alkanes of at least 4 members (excludes halogenated alkanes) is 18. The lowest BCUT2D eigenvalue weighted by molar-refractivity contribution is -0.167. The molecule has 0 aliphatic rings. The average Bonchev–Trinajstić information content (AvgIpc) is 3.24. The lowest BCUT2D eigenvalue weighted by Crippen LogP contribution is -2.30. The van der Waals surface area contributed by atoms with Crippen LogP contribution in [-0.2, 0) is 28.6 Å². The van der Waals surface area contributed by atoms with E-state index in [4.69, 9.17) is 14.2 Å². The van der Waals surface area contributed by atoms with Crippen LogP contribution in [0.4, 0.5) is 0 Å². The van der Waals surface area contributed by atoms with Crippen LogP contribution in [0.1, 0.15) is 220 Å². The maximum Gasteiger partial charge on any atom is 0.306 e. The predicted molar refractivity (Wildman–Crippen MR) is 256 cm³/mol. The molecule has 0 aromatic carbocycles. The molecule has 6 heteroatoms. The van der Waals surface area contributed by atoms with E-state index in [2.05, 4.69) is 106 Å². The zero-order valence-corrected chi connectivity index (χ0v) is 38.9. The van der Waals surface area contributed by atoms with E-state index in [0.717, 1.165) is 122 Å². The zero-order chi connectivity index (χ0) is 43.7. The number of hydrogen-bond donors (Lipinski definition) is 0. The van der Waals surface area contributed by atoms with Crippen molar-refractivity contribution < 1.29 is 28.6 Å². The summed E-state index contributed by atoms with van der Waals surface area (Å²) in [5.74, 6) is -0.918. The van der Waals surface area contributed by atoms with Crippen LogP contribution in [0.25, 0.3) is 0 Å². The van der Waals surface area contributed by atoms with E-state index in [1.54, 1.807) is 0 Å². The van der Waals surface area contributed by atoms with E-state index < -0.39 is 6.10 Å². The lowest BCUT2D eigenvalue weighted by atomic mass is 10.1. The summed E-state index contributed by atoms with van der Waals surface area (Å²) in [6, 6.07) is 0. The minimum absolute atomic E-state index is 0.0817. The fraction of sp³-hybridized carbons (Fsp3) is 0.685. The molecule has 0 radical (unpaired) electrons. The van der Waals surface area contributed by atoms with Crippen molar-refractivity contribution in [1.82, 2.24) is 0 Å². The van der Waals surface area contributed by atoms with Crippen LogP contribution in [0.2, 0.25) is 0 Å². The van der Waals surface area contributed by atoms with Gasteiger partial charge in [-0.25, -0.2) is 0 Å². The van der Waals surface area contributed by atoms with Gasteiger partial charge in [0.2, 0.25) is 0 Å². The zero-order valence-electron chi connectivity index (χ0n) is 38.9. The van der Waals surface area contributed by atoms with Crippen molar-refractivity contribution in [2.75, 3.05) is 13.2 Å². The summed E-state index contributed by atoms with van der Waals surface area (Å²) < 4.78 is 16.6. The van der Waals surface area contributed by atoms with Crippen LogP contribution >= 0.6 is 0 Å². The Labute approximate surface area is 369 Å². The van der Waals surface area contributed by atoms with E-state index in [0.29, 0.717) is 19.3 Å². The molecule has 0 aromatic heterocycles. The molecule has 6 nitrogen and oxygen atoms in total. The second kappa shape index (κ2) is 48.3. The molecule has 0 aromatic rings. The first-order valence-corrected chi connectivity index (χ1v) is 24.6. The van der Waals surface area contributed by atoms with E-state index in [1.807, 2.05) is 0 Å². The molecule has 1 atom stereocenters. The highest BCUT2D eigenvalue weighted by atomic mass is 16.6. The van der Waals surface area contributed by atoms with E-state index in [1.165, 1.54) is 57.8 Å². The molecular formula is C54H90O6. The molecule has 0 fully saturated rings. The summed E-state index contributed by atoms with van der Waals surface area (Å²) in [4.78, 5) is 37.5. The van der Waals surface area contributed by atoms with Gasteiger partial charge >= 0.3 is 17.9 Å². The number of carbonyl (C=O) groups is 3. The monoisotopic (exact) mass is 835 g/mol. The second-order valence-corrected chi connectivity index (χ2v) is 16.0. The lowest BCUT2D eigenvalue weighted by Gasteiger charge is -2.18. The molecule has 0 bridgehead atoms. The van der Waals surface area contributed by atoms with E-state index in [9.17, 15) is 14.4 Å². The van der Waals surface area contributed by atoms with Gasteiger partial charge in [0.15, 0.2) is 6.10 Å². The Bertz CT molecular complexity index is 1190. The molecule has 0 saturated carbocycles. The molecule has 342 valence electrons. The van der Waals surface area contributed by atoms with Crippen LogP contribution in [0.15, 0.2) is 85.1 Å². The van der Waals surface area contributed by atoms with Crippen LogP contribution in [0.3, 0.4) is 0 Å². The fourth-order valence-corrected chi connectivity index (χ4v) is 6.48. The first-order chi connectivity index (χ1) is 29.5. The number of carbonyl (C=O) groups excluding carboxylic acids is 3. The maximum absolute atomic E-state index is 12.6. The number of allylic oxidation sites excluding steroid dienone is 14. The number of hydrogen-bond acceptors (Lipinski definition) is 6. The third-order valence-electron chi connectivity index (χ3n) is 10.2. The number of ether oxygens (including phenoxy) is 3. The molecule has 60 heavy (non-hydrogen) atoms. The summed E-state index contributed by atoms with van der Waals surface area (Å²) in [6.45, 7) is 6.41. The standard InChI is InChI=1S/C54H90O6/c1-4-7-10-13-16-18-19-20-21-22-23-24-25-26-27-28-29-30-31-32-33-34-35-36-39-41-44-47-53(56)59-50-51(49-58-52(55)46-43-40-37-15-12-9-6-3)60-54(57)48-45-42-38-17-14-11-8-5-2/h7,10,16,18,20-21,23-24,26-27,29-30,32-33,51H,4-6,8-9,11-15,17,19,22,25,28,31,34-50H2,1-3H3/b10-7-,18-16-,21-20-,24-23-,27-26-,30-29-,33-32-. The third kappa shape index (κ3) is 45.7. The molecule has 0 aliphatic carbocycles. The summed E-state index contributed by atoms with van der Waals surface area (Å²) in [5, 5.41) is 0. The van der Waals surface area contributed by atoms with Crippen molar-refractivity contribution >= 4 is 17.9 Å². The minimum Gasteiger partial charge on any atom is -0.462 e. The van der Waals surface area contributed by atoms with Gasteiger partial charge in [0, 0.05) is 19.3 Å². The van der Waals surface area contributed by atoms with Gasteiger partial charge in [-0.2, -0.15) is 0 Å². The second-order valence-electron chi connectivity index (χ2n) is 16.0. The molecule has 0 heterocycles. The van der Waals surface area contributed by atoms with Crippen molar-refractivity contribution in [2.24, 2.45) is 0 Å². The molecule has 0 aliphatic heterocycles. The predicted octanol–water partition coefficient (Wildman–Crippen LogP) is 16.0. The normalized spacial score (nSPS) is 12.8. The van der Waals surface area contributed by atoms with Crippen molar-refractivity contribution in [1.29, 1.82) is 0 Å². The Hall–Kier alpha value is -3.41. The van der Waals surface area contributed by atoms with Crippen LogP contribution in [0.5, 0.6) is 0 Å². The molecular weight excluding hydrogens is 745 g/mol. The van der Waals surface area contributed by atoms with Gasteiger partial charge < -0.3 is 14.2 Å². The highest BCUT2D eigenvalue weighted by molar-refractivity contribution is 5.71. The van der Waals surface area contributed by atoms with Gasteiger partial charge in [-0.05, 0) is 77.0 Å². The SMILES string of the molecule is CC/C=C\C/C=C\C/C=C\C/C=C\C/C=C\C/C=C\C/C=C\CCCCCCCC(=O)OCC(COC(=O)CCCCCCCCC)OC(=O)CCCCCCCCCC. The quantitative estimate of drug-likeness (QED) is 0.0263. The smallest absolute Gasteiger partial charge is 0.306 e. The highest BCUT2D eigenvalue weighted by Gasteiger charge is 2.19. The molecule has 0 rings (SSSR count). The van der Waals surface area contributed by atoms with Gasteiger partial charge in [-0.15, -0.1) is 0 Å². The Morgan fingerprint density at radius 1 is 0.350 bits per heavy atom. The highest BCUT2D eigenvalue weighted by Crippen LogP contribution is 2.13. The van der Waals surface area contributed by atoms with Crippen molar-refractivity contribution in [3.8, 4) is 0 Å². The van der Waals surface area contributed by atoms with E-state index in [-0.39, 0.29) is 31.1 Å². The van der Waals surface area contributed by atoms with Gasteiger partial charge in [0.25, 0.3) is 0 Å². The van der Waals surface area contributed by atoms with Crippen molar-refractivity contribution in [3.63, 3.8) is 0 Å². The largest absolute Gasteiger partial charge is 0.462 e. The minimum atomic E-state index is -0.777. The molecule has 0 spiro atoms.